The standard InChI is InChI=1S/C30H32N2O4/c1-6-36-24-11-10-22(17-23(24)30(3,4)5)27(33)25-26(21-9-7-8-19(2)16-21)32(29(35)28(25)34)18-20-12-14-31-15-13-20/h7-17,26,33H,6,18H2,1-5H3/b27-25-. The molecule has 0 saturated carbocycles. The molecule has 0 bridgehead atoms. The van der Waals surface area contributed by atoms with Gasteiger partial charge in [-0.25, -0.2) is 0 Å². The van der Waals surface area contributed by atoms with Gasteiger partial charge in [0.15, 0.2) is 0 Å². The average molecular weight is 485 g/mol. The van der Waals surface area contributed by atoms with Gasteiger partial charge >= 0.3 is 0 Å². The molecule has 6 nitrogen and oxygen atoms in total. The number of Topliss-reactive ketones (excluding diaryl/α,β-unsaturated/α-hetero) is 1. The Balaban J connectivity index is 1.89. The zero-order chi connectivity index (χ0) is 26.0. The van der Waals surface area contributed by atoms with E-state index in [2.05, 4.69) is 25.8 Å². The van der Waals surface area contributed by atoms with E-state index in [1.165, 1.54) is 4.90 Å². The van der Waals surface area contributed by atoms with Gasteiger partial charge in [0.25, 0.3) is 11.7 Å². The molecule has 0 spiro atoms. The number of ether oxygens (including phenoxy) is 1. The fourth-order valence-corrected chi connectivity index (χ4v) is 4.61. The number of ketones is 1. The monoisotopic (exact) mass is 484 g/mol. The average Bonchev–Trinajstić information content (AvgIpc) is 3.09. The van der Waals surface area contributed by atoms with E-state index in [9.17, 15) is 14.7 Å². The highest BCUT2D eigenvalue weighted by Gasteiger charge is 2.46. The summed E-state index contributed by atoms with van der Waals surface area (Å²) in [4.78, 5) is 32.2. The third-order valence-corrected chi connectivity index (χ3v) is 6.36. The van der Waals surface area contributed by atoms with Gasteiger partial charge in [-0.15, -0.1) is 0 Å². The lowest BCUT2D eigenvalue weighted by atomic mass is 9.84. The van der Waals surface area contributed by atoms with Crippen LogP contribution >= 0.6 is 0 Å². The minimum absolute atomic E-state index is 0.0867. The van der Waals surface area contributed by atoms with Gasteiger partial charge < -0.3 is 14.7 Å². The van der Waals surface area contributed by atoms with Crippen LogP contribution in [-0.4, -0.2) is 33.3 Å². The van der Waals surface area contributed by atoms with Crippen LogP contribution in [0.1, 0.15) is 61.6 Å². The van der Waals surface area contributed by atoms with Crippen LogP contribution in [0.15, 0.2) is 72.6 Å². The van der Waals surface area contributed by atoms with Crippen LogP contribution in [0.3, 0.4) is 0 Å². The van der Waals surface area contributed by atoms with Crippen molar-refractivity contribution in [3.8, 4) is 5.75 Å². The number of aryl methyl sites for hydroxylation is 1. The van der Waals surface area contributed by atoms with Crippen LogP contribution in [0.5, 0.6) is 5.75 Å². The Hall–Kier alpha value is -3.93. The SMILES string of the molecule is CCOc1ccc(/C(O)=C2/C(=O)C(=O)N(Cc3ccncc3)C2c2cccc(C)c2)cc1C(C)(C)C. The van der Waals surface area contributed by atoms with Crippen molar-refractivity contribution >= 4 is 17.4 Å². The van der Waals surface area contributed by atoms with E-state index in [1.807, 2.05) is 62.4 Å². The summed E-state index contributed by atoms with van der Waals surface area (Å²) in [5, 5.41) is 11.5. The number of carbonyl (C=O) groups excluding carboxylic acids is 2. The molecule has 1 aliphatic heterocycles. The molecule has 1 amide bonds. The lowest BCUT2D eigenvalue weighted by molar-refractivity contribution is -0.140. The maximum Gasteiger partial charge on any atom is 0.295 e. The highest BCUT2D eigenvalue weighted by Crippen LogP contribution is 2.42. The molecular formula is C30H32N2O4. The van der Waals surface area contributed by atoms with Crippen molar-refractivity contribution in [2.45, 2.75) is 52.6 Å². The largest absolute Gasteiger partial charge is 0.507 e. The van der Waals surface area contributed by atoms with Crippen molar-refractivity contribution < 1.29 is 19.4 Å². The minimum atomic E-state index is -0.720. The number of nitrogens with zero attached hydrogens (tertiary/aromatic N) is 2. The van der Waals surface area contributed by atoms with E-state index in [1.54, 1.807) is 18.5 Å². The second kappa shape index (κ2) is 9.97. The number of aliphatic hydroxyl groups excluding tert-OH is 1. The van der Waals surface area contributed by atoms with Crippen LogP contribution < -0.4 is 4.74 Å². The molecule has 6 heteroatoms. The first-order chi connectivity index (χ1) is 17.1. The third-order valence-electron chi connectivity index (χ3n) is 6.36. The van der Waals surface area contributed by atoms with Gasteiger partial charge in [0.1, 0.15) is 11.5 Å². The first kappa shape index (κ1) is 25.2. The van der Waals surface area contributed by atoms with Gasteiger partial charge in [0, 0.05) is 30.1 Å². The smallest absolute Gasteiger partial charge is 0.295 e. The van der Waals surface area contributed by atoms with Gasteiger partial charge in [-0.2, -0.15) is 0 Å². The summed E-state index contributed by atoms with van der Waals surface area (Å²) < 4.78 is 5.82. The van der Waals surface area contributed by atoms with Gasteiger partial charge in [-0.3, -0.25) is 14.6 Å². The van der Waals surface area contributed by atoms with Crippen LogP contribution in [0.2, 0.25) is 0 Å². The van der Waals surface area contributed by atoms with Crippen molar-refractivity contribution in [1.29, 1.82) is 0 Å². The molecule has 1 unspecified atom stereocenters. The van der Waals surface area contributed by atoms with Crippen LogP contribution in [0.4, 0.5) is 0 Å². The molecule has 1 atom stereocenters. The minimum Gasteiger partial charge on any atom is -0.507 e. The van der Waals surface area contributed by atoms with E-state index in [4.69, 9.17) is 4.74 Å². The summed E-state index contributed by atoms with van der Waals surface area (Å²) in [5.41, 5.74) is 3.83. The Morgan fingerprint density at radius 3 is 2.42 bits per heavy atom. The molecule has 1 aromatic heterocycles. The Labute approximate surface area is 212 Å². The number of amides is 1. The third kappa shape index (κ3) is 4.89. The van der Waals surface area contributed by atoms with Gasteiger partial charge in [0.2, 0.25) is 0 Å². The number of rotatable bonds is 6. The van der Waals surface area contributed by atoms with Crippen molar-refractivity contribution in [3.63, 3.8) is 0 Å². The molecule has 0 aliphatic carbocycles. The summed E-state index contributed by atoms with van der Waals surface area (Å²) in [6.07, 6.45) is 3.31. The quantitative estimate of drug-likeness (QED) is 0.275. The molecule has 36 heavy (non-hydrogen) atoms. The second-order valence-electron chi connectivity index (χ2n) is 10.1. The molecular weight excluding hydrogens is 452 g/mol. The molecule has 0 radical (unpaired) electrons. The Kier molecular flexibility index (Phi) is 6.97. The van der Waals surface area contributed by atoms with E-state index >= 15 is 0 Å². The van der Waals surface area contributed by atoms with Crippen molar-refractivity contribution in [2.75, 3.05) is 6.61 Å². The molecule has 1 fully saturated rings. The maximum absolute atomic E-state index is 13.4. The first-order valence-electron chi connectivity index (χ1n) is 12.1. The number of pyridine rings is 1. The number of likely N-dealkylation sites (tertiary alicyclic amines) is 1. The molecule has 1 saturated heterocycles. The molecule has 4 rings (SSSR count). The Morgan fingerprint density at radius 1 is 1.06 bits per heavy atom. The number of aromatic nitrogens is 1. The number of benzene rings is 2. The number of aliphatic hydroxyl groups is 1. The summed E-state index contributed by atoms with van der Waals surface area (Å²) in [7, 11) is 0. The summed E-state index contributed by atoms with van der Waals surface area (Å²) in [6, 6.07) is 16.0. The summed E-state index contributed by atoms with van der Waals surface area (Å²) >= 11 is 0. The van der Waals surface area contributed by atoms with Crippen LogP contribution in [0, 0.1) is 6.92 Å². The van der Waals surface area contributed by atoms with Crippen molar-refractivity contribution in [3.05, 3.63) is 100 Å². The normalized spacial score (nSPS) is 17.5. The fourth-order valence-electron chi connectivity index (χ4n) is 4.61. The molecule has 2 heterocycles. The predicted molar refractivity (Wildman–Crippen MR) is 140 cm³/mol. The first-order valence-corrected chi connectivity index (χ1v) is 12.1. The number of hydrogen-bond donors (Lipinski definition) is 1. The van der Waals surface area contributed by atoms with Crippen molar-refractivity contribution in [1.82, 2.24) is 9.88 Å². The fraction of sp³-hybridized carbons (Fsp3) is 0.300. The van der Waals surface area contributed by atoms with Gasteiger partial charge in [0.05, 0.1) is 18.2 Å². The topological polar surface area (TPSA) is 79.7 Å². The second-order valence-corrected chi connectivity index (χ2v) is 10.1. The van der Waals surface area contributed by atoms with E-state index < -0.39 is 17.7 Å². The highest BCUT2D eigenvalue weighted by atomic mass is 16.5. The van der Waals surface area contributed by atoms with Gasteiger partial charge in [-0.05, 0) is 60.7 Å². The molecule has 3 aromatic rings. The lowest BCUT2D eigenvalue weighted by Crippen LogP contribution is -2.29. The lowest BCUT2D eigenvalue weighted by Gasteiger charge is -2.26. The Morgan fingerprint density at radius 2 is 1.78 bits per heavy atom. The summed E-state index contributed by atoms with van der Waals surface area (Å²) in [6.45, 7) is 10.8. The van der Waals surface area contributed by atoms with Crippen molar-refractivity contribution in [2.24, 2.45) is 0 Å². The Bertz CT molecular complexity index is 1320. The highest BCUT2D eigenvalue weighted by molar-refractivity contribution is 6.46. The maximum atomic E-state index is 13.4. The van der Waals surface area contributed by atoms with E-state index in [0.717, 1.165) is 28.0 Å². The molecule has 1 N–H and O–H groups in total. The molecule has 1 aliphatic rings. The zero-order valence-corrected chi connectivity index (χ0v) is 21.4. The van der Waals surface area contributed by atoms with Gasteiger partial charge in [-0.1, -0.05) is 50.6 Å². The predicted octanol–water partition coefficient (Wildman–Crippen LogP) is 5.71. The molecule has 2 aromatic carbocycles. The van der Waals surface area contributed by atoms with Crippen LogP contribution in [0.25, 0.3) is 5.76 Å². The number of carbonyl (C=O) groups is 2. The van der Waals surface area contributed by atoms with E-state index in [-0.39, 0.29) is 23.3 Å². The summed E-state index contributed by atoms with van der Waals surface area (Å²) in [5.74, 6) is -0.790. The van der Waals surface area contributed by atoms with E-state index in [0.29, 0.717) is 12.2 Å². The molecule has 186 valence electrons. The zero-order valence-electron chi connectivity index (χ0n) is 21.4. The van der Waals surface area contributed by atoms with Crippen LogP contribution in [-0.2, 0) is 21.5 Å². The number of hydrogen-bond acceptors (Lipinski definition) is 5.